The van der Waals surface area contributed by atoms with E-state index in [0.717, 1.165) is 22.5 Å². The molecule has 1 aliphatic heterocycles. The highest BCUT2D eigenvalue weighted by atomic mass is 127. The smallest absolute Gasteiger partial charge is 0.0919 e. The van der Waals surface area contributed by atoms with Gasteiger partial charge in [0.05, 0.1) is 3.70 Å². The molecule has 1 heterocycles. The van der Waals surface area contributed by atoms with Crippen LogP contribution in [0.2, 0.25) is 0 Å². The van der Waals surface area contributed by atoms with Crippen molar-refractivity contribution in [1.82, 2.24) is 10.6 Å². The molecule has 3 nitrogen and oxygen atoms in total. The molecule has 0 spiro atoms. The first kappa shape index (κ1) is 10.1. The van der Waals surface area contributed by atoms with Crippen molar-refractivity contribution in [2.45, 2.75) is 25.8 Å². The molecule has 0 aromatic carbocycles. The van der Waals surface area contributed by atoms with Crippen LogP contribution in [0.5, 0.6) is 0 Å². The van der Waals surface area contributed by atoms with Gasteiger partial charge in [0.1, 0.15) is 0 Å². The molecule has 0 aromatic rings. The van der Waals surface area contributed by atoms with E-state index in [1.54, 1.807) is 0 Å². The third-order valence-electron chi connectivity index (χ3n) is 2.01. The quantitative estimate of drug-likeness (QED) is 0.532. The van der Waals surface area contributed by atoms with E-state index in [4.69, 9.17) is 5.73 Å². The summed E-state index contributed by atoms with van der Waals surface area (Å²) in [5.41, 5.74) is 6.48. The van der Waals surface area contributed by atoms with Crippen molar-refractivity contribution in [2.75, 3.05) is 13.1 Å². The van der Waals surface area contributed by atoms with Crippen molar-refractivity contribution in [3.8, 4) is 0 Å². The number of nitrogens with one attached hydrogen (secondary N) is 2. The molecule has 0 aliphatic carbocycles. The van der Waals surface area contributed by atoms with Crippen LogP contribution < -0.4 is 16.4 Å². The molecule has 1 rings (SSSR count). The maximum atomic E-state index is 5.61. The summed E-state index contributed by atoms with van der Waals surface area (Å²) in [5, 5.41) is 6.72. The van der Waals surface area contributed by atoms with E-state index in [9.17, 15) is 0 Å². The van der Waals surface area contributed by atoms with E-state index in [-0.39, 0.29) is 0 Å². The number of allylic oxidation sites excluding steroid dienone is 1. The molecule has 0 amide bonds. The van der Waals surface area contributed by atoms with Crippen molar-refractivity contribution in [3.63, 3.8) is 0 Å². The number of rotatable bonds is 3. The lowest BCUT2D eigenvalue weighted by Gasteiger charge is -2.12. The predicted molar refractivity (Wildman–Crippen MR) is 59.9 cm³/mol. The van der Waals surface area contributed by atoms with Crippen LogP contribution in [0.15, 0.2) is 9.40 Å². The van der Waals surface area contributed by atoms with Crippen molar-refractivity contribution in [2.24, 2.45) is 5.73 Å². The van der Waals surface area contributed by atoms with Crippen LogP contribution in [0, 0.1) is 0 Å². The molecule has 0 radical (unpaired) electrons. The minimum atomic E-state index is 0.633. The minimum Gasteiger partial charge on any atom is -0.400 e. The van der Waals surface area contributed by atoms with Gasteiger partial charge in [-0.25, -0.2) is 0 Å². The van der Waals surface area contributed by atoms with Gasteiger partial charge in [0.15, 0.2) is 0 Å². The minimum absolute atomic E-state index is 0.633. The van der Waals surface area contributed by atoms with Crippen LogP contribution >= 0.6 is 22.6 Å². The Morgan fingerprint density at radius 3 is 3.00 bits per heavy atom. The molecule has 1 aliphatic rings. The van der Waals surface area contributed by atoms with Crippen LogP contribution in [0.4, 0.5) is 0 Å². The fourth-order valence-corrected chi connectivity index (χ4v) is 1.50. The summed E-state index contributed by atoms with van der Waals surface area (Å²) >= 11 is 2.23. The summed E-state index contributed by atoms with van der Waals surface area (Å²) in [6, 6.07) is 0.633. The summed E-state index contributed by atoms with van der Waals surface area (Å²) < 4.78 is 1.07. The van der Waals surface area contributed by atoms with Gasteiger partial charge in [0.25, 0.3) is 0 Å². The molecule has 12 heavy (non-hydrogen) atoms. The Kier molecular flexibility index (Phi) is 4.14. The summed E-state index contributed by atoms with van der Waals surface area (Å²) in [4.78, 5) is 0. The van der Waals surface area contributed by atoms with E-state index in [1.165, 1.54) is 12.8 Å². The Balaban J connectivity index is 2.20. The van der Waals surface area contributed by atoms with Gasteiger partial charge in [-0.1, -0.05) is 0 Å². The van der Waals surface area contributed by atoms with E-state index in [1.807, 2.05) is 6.92 Å². The number of halogens is 1. The van der Waals surface area contributed by atoms with Gasteiger partial charge < -0.3 is 16.4 Å². The molecular formula is C8H16IN3. The fourth-order valence-electron chi connectivity index (χ4n) is 1.28. The van der Waals surface area contributed by atoms with Gasteiger partial charge >= 0.3 is 0 Å². The highest BCUT2D eigenvalue weighted by Gasteiger charge is 2.13. The van der Waals surface area contributed by atoms with E-state index < -0.39 is 0 Å². The van der Waals surface area contributed by atoms with E-state index >= 15 is 0 Å². The maximum absolute atomic E-state index is 5.61. The Hall–Kier alpha value is 0.0300. The Morgan fingerprint density at radius 2 is 2.50 bits per heavy atom. The lowest BCUT2D eigenvalue weighted by atomic mass is 10.2. The first-order valence-corrected chi connectivity index (χ1v) is 5.37. The van der Waals surface area contributed by atoms with Crippen molar-refractivity contribution >= 4 is 22.6 Å². The lowest BCUT2D eigenvalue weighted by molar-refractivity contribution is 0.577. The molecule has 0 aromatic heterocycles. The normalized spacial score (nSPS) is 25.3. The van der Waals surface area contributed by atoms with Gasteiger partial charge in [0, 0.05) is 18.3 Å². The topological polar surface area (TPSA) is 50.1 Å². The summed E-state index contributed by atoms with van der Waals surface area (Å²) in [6.07, 6.45) is 2.58. The summed E-state index contributed by atoms with van der Waals surface area (Å²) in [6.45, 7) is 4.07. The Labute approximate surface area is 87.3 Å². The van der Waals surface area contributed by atoms with Crippen LogP contribution in [0.3, 0.4) is 0 Å². The van der Waals surface area contributed by atoms with Crippen LogP contribution in [-0.2, 0) is 0 Å². The number of hydrogen-bond acceptors (Lipinski definition) is 3. The first-order valence-electron chi connectivity index (χ1n) is 4.29. The lowest BCUT2D eigenvalue weighted by Crippen LogP contribution is -2.33. The second kappa shape index (κ2) is 4.91. The zero-order chi connectivity index (χ0) is 8.97. The zero-order valence-electron chi connectivity index (χ0n) is 7.36. The second-order valence-corrected chi connectivity index (χ2v) is 4.25. The highest BCUT2D eigenvalue weighted by molar-refractivity contribution is 14.1. The van der Waals surface area contributed by atoms with Gasteiger partial charge in [-0.05, 0) is 48.9 Å². The molecule has 0 bridgehead atoms. The molecule has 4 N–H and O–H groups in total. The highest BCUT2D eigenvalue weighted by Crippen LogP contribution is 2.07. The molecule has 4 heteroatoms. The average Bonchev–Trinajstić information content (AvgIpc) is 2.51. The number of nitrogens with two attached hydrogens (primary N) is 1. The van der Waals surface area contributed by atoms with Crippen LogP contribution in [0.25, 0.3) is 0 Å². The zero-order valence-corrected chi connectivity index (χ0v) is 9.52. The number of hydrogen-bond donors (Lipinski definition) is 3. The van der Waals surface area contributed by atoms with E-state index in [0.29, 0.717) is 6.04 Å². The average molecular weight is 281 g/mol. The summed E-state index contributed by atoms with van der Waals surface area (Å²) in [5.74, 6) is 0. The van der Waals surface area contributed by atoms with E-state index in [2.05, 4.69) is 33.2 Å². The van der Waals surface area contributed by atoms with Gasteiger partial charge in [-0.3, -0.25) is 0 Å². The van der Waals surface area contributed by atoms with Gasteiger partial charge in [-0.2, -0.15) is 0 Å². The fraction of sp³-hybridized carbons (Fsp3) is 0.750. The van der Waals surface area contributed by atoms with Crippen molar-refractivity contribution < 1.29 is 0 Å². The molecular weight excluding hydrogens is 265 g/mol. The third-order valence-corrected chi connectivity index (χ3v) is 3.24. The Morgan fingerprint density at radius 1 is 1.75 bits per heavy atom. The molecule has 1 unspecified atom stereocenters. The molecule has 1 fully saturated rings. The first-order chi connectivity index (χ1) is 5.70. The maximum Gasteiger partial charge on any atom is 0.0919 e. The second-order valence-electron chi connectivity index (χ2n) is 3.17. The van der Waals surface area contributed by atoms with Crippen LogP contribution in [0.1, 0.15) is 19.8 Å². The predicted octanol–water partition coefficient (Wildman–Crippen LogP) is 0.911. The van der Waals surface area contributed by atoms with Crippen molar-refractivity contribution in [1.29, 1.82) is 0 Å². The van der Waals surface area contributed by atoms with Crippen molar-refractivity contribution in [3.05, 3.63) is 9.40 Å². The molecule has 70 valence electrons. The molecule has 1 atom stereocenters. The third kappa shape index (κ3) is 3.18. The summed E-state index contributed by atoms with van der Waals surface area (Å²) in [7, 11) is 0. The SMILES string of the molecule is C/C(N)=C(\I)NCC1CCCN1. The molecule has 0 saturated carbocycles. The molecule has 1 saturated heterocycles. The van der Waals surface area contributed by atoms with Gasteiger partial charge in [-0.15, -0.1) is 0 Å². The largest absolute Gasteiger partial charge is 0.400 e. The van der Waals surface area contributed by atoms with Crippen LogP contribution in [-0.4, -0.2) is 19.1 Å². The standard InChI is InChI=1S/C8H16IN3/c1-6(10)8(9)12-5-7-3-2-4-11-7/h7,11-12H,2-5,10H2,1H3/b8-6-. The Bertz CT molecular complexity index is 169. The monoisotopic (exact) mass is 281 g/mol. The van der Waals surface area contributed by atoms with Gasteiger partial charge in [0.2, 0.25) is 0 Å².